The largest absolute Gasteiger partial charge is 0.377 e. The summed E-state index contributed by atoms with van der Waals surface area (Å²) in [6, 6.07) is 8.70. The zero-order valence-corrected chi connectivity index (χ0v) is 23.1. The summed E-state index contributed by atoms with van der Waals surface area (Å²) in [7, 11) is -2.20. The number of anilines is 1. The average molecular weight is 542 g/mol. The SMILES string of the molecule is CCOCc1cc(CNC(=O)C2(NC)CCCC2)ccc1-c1ncccc1S(=O)(=O)Nc1noc(C)c1C. The number of amides is 1. The molecular weight excluding hydrogens is 506 g/mol. The molecule has 10 nitrogen and oxygen atoms in total. The van der Waals surface area contributed by atoms with Crippen LogP contribution in [-0.2, 0) is 32.7 Å². The summed E-state index contributed by atoms with van der Waals surface area (Å²) in [5.74, 6) is 0.666. The molecule has 1 fully saturated rings. The van der Waals surface area contributed by atoms with E-state index in [1.165, 1.54) is 6.07 Å². The summed E-state index contributed by atoms with van der Waals surface area (Å²) in [5, 5.41) is 10.1. The average Bonchev–Trinajstić information content (AvgIpc) is 3.54. The van der Waals surface area contributed by atoms with Crippen LogP contribution in [-0.4, -0.2) is 43.7 Å². The number of pyridine rings is 1. The van der Waals surface area contributed by atoms with Gasteiger partial charge in [0.05, 0.1) is 17.8 Å². The van der Waals surface area contributed by atoms with Gasteiger partial charge < -0.3 is 19.9 Å². The van der Waals surface area contributed by atoms with Crippen molar-refractivity contribution < 1.29 is 22.5 Å². The molecule has 1 aromatic carbocycles. The molecule has 1 amide bonds. The molecule has 0 atom stereocenters. The number of aromatic nitrogens is 2. The van der Waals surface area contributed by atoms with Gasteiger partial charge in [-0.15, -0.1) is 0 Å². The molecule has 3 aromatic rings. The third-order valence-corrected chi connectivity index (χ3v) is 8.53. The molecule has 1 saturated carbocycles. The van der Waals surface area contributed by atoms with Gasteiger partial charge in [-0.05, 0) is 63.9 Å². The fourth-order valence-electron chi connectivity index (χ4n) is 4.75. The van der Waals surface area contributed by atoms with Gasteiger partial charge in [0.25, 0.3) is 10.0 Å². The van der Waals surface area contributed by atoms with Crippen LogP contribution in [0.1, 0.15) is 55.1 Å². The van der Waals surface area contributed by atoms with E-state index in [1.807, 2.05) is 32.2 Å². The van der Waals surface area contributed by atoms with Gasteiger partial charge in [0.15, 0.2) is 5.82 Å². The minimum absolute atomic E-state index is 0.00417. The molecule has 11 heteroatoms. The van der Waals surface area contributed by atoms with Crippen molar-refractivity contribution in [3.8, 4) is 11.3 Å². The Balaban J connectivity index is 1.64. The first kappa shape index (κ1) is 27.7. The molecule has 2 heterocycles. The first-order valence-electron chi connectivity index (χ1n) is 12.8. The van der Waals surface area contributed by atoms with Gasteiger partial charge in [0, 0.05) is 30.5 Å². The number of likely N-dealkylation sites (N-methyl/N-ethyl adjacent to an activating group) is 1. The van der Waals surface area contributed by atoms with Crippen LogP contribution in [0, 0.1) is 13.8 Å². The van der Waals surface area contributed by atoms with E-state index in [0.717, 1.165) is 36.8 Å². The van der Waals surface area contributed by atoms with Crippen LogP contribution in [0.3, 0.4) is 0 Å². The van der Waals surface area contributed by atoms with Crippen LogP contribution < -0.4 is 15.4 Å². The summed E-state index contributed by atoms with van der Waals surface area (Å²) in [6.07, 6.45) is 5.25. The van der Waals surface area contributed by atoms with Gasteiger partial charge in [0.2, 0.25) is 5.91 Å². The Morgan fingerprint density at radius 3 is 2.61 bits per heavy atom. The molecular formula is C27H35N5O5S. The number of sulfonamides is 1. The first-order valence-corrected chi connectivity index (χ1v) is 14.3. The van der Waals surface area contributed by atoms with E-state index < -0.39 is 15.6 Å². The van der Waals surface area contributed by atoms with E-state index in [4.69, 9.17) is 9.26 Å². The fourth-order valence-corrected chi connectivity index (χ4v) is 5.97. The normalized spacial score (nSPS) is 14.9. The Morgan fingerprint density at radius 2 is 1.95 bits per heavy atom. The Labute approximate surface area is 223 Å². The van der Waals surface area contributed by atoms with Crippen molar-refractivity contribution in [2.45, 2.75) is 70.0 Å². The highest BCUT2D eigenvalue weighted by Gasteiger charge is 2.39. The number of carbonyl (C=O) groups is 1. The van der Waals surface area contributed by atoms with Gasteiger partial charge in [-0.1, -0.05) is 36.2 Å². The van der Waals surface area contributed by atoms with Crippen molar-refractivity contribution in [1.82, 2.24) is 20.8 Å². The number of hydrogen-bond donors (Lipinski definition) is 3. The second-order valence-corrected chi connectivity index (χ2v) is 11.2. The molecule has 38 heavy (non-hydrogen) atoms. The number of nitrogens with one attached hydrogen (secondary N) is 3. The number of ether oxygens (including phenoxy) is 1. The zero-order chi connectivity index (χ0) is 27.3. The van der Waals surface area contributed by atoms with E-state index in [2.05, 4.69) is 25.5 Å². The molecule has 2 aromatic heterocycles. The van der Waals surface area contributed by atoms with Crippen LogP contribution in [0.25, 0.3) is 11.3 Å². The van der Waals surface area contributed by atoms with Gasteiger partial charge in [0.1, 0.15) is 10.7 Å². The lowest BCUT2D eigenvalue weighted by Crippen LogP contribution is -2.53. The maximum atomic E-state index is 13.4. The summed E-state index contributed by atoms with van der Waals surface area (Å²) >= 11 is 0. The van der Waals surface area contributed by atoms with Crippen molar-refractivity contribution in [2.75, 3.05) is 18.4 Å². The number of benzene rings is 1. The van der Waals surface area contributed by atoms with E-state index in [9.17, 15) is 13.2 Å². The lowest BCUT2D eigenvalue weighted by Gasteiger charge is -2.27. The summed E-state index contributed by atoms with van der Waals surface area (Å²) in [4.78, 5) is 17.4. The quantitative estimate of drug-likeness (QED) is 0.333. The Hall–Kier alpha value is -3.28. The standard InChI is InChI=1S/C27H35N5O5S/c1-5-36-17-21-15-20(16-30-26(33)27(28-4)12-6-7-13-27)10-11-22(21)24-23(9-8-14-29-24)38(34,35)32-25-18(2)19(3)37-31-25/h8-11,14-15,28H,5-7,12-13,16-17H2,1-4H3,(H,30,33)(H,31,32). The number of rotatable bonds is 11. The molecule has 0 unspecified atom stereocenters. The maximum absolute atomic E-state index is 13.4. The molecule has 1 aliphatic rings. The molecule has 3 N–H and O–H groups in total. The molecule has 0 bridgehead atoms. The van der Waals surface area contributed by atoms with E-state index >= 15 is 0 Å². The van der Waals surface area contributed by atoms with E-state index in [1.54, 1.807) is 26.1 Å². The van der Waals surface area contributed by atoms with Crippen LogP contribution in [0.4, 0.5) is 5.82 Å². The Morgan fingerprint density at radius 1 is 1.18 bits per heavy atom. The molecule has 204 valence electrons. The topological polar surface area (TPSA) is 135 Å². The van der Waals surface area contributed by atoms with E-state index in [-0.39, 0.29) is 23.2 Å². The predicted molar refractivity (Wildman–Crippen MR) is 144 cm³/mol. The van der Waals surface area contributed by atoms with Gasteiger partial charge >= 0.3 is 0 Å². The summed E-state index contributed by atoms with van der Waals surface area (Å²) < 4.78 is 40.1. The zero-order valence-electron chi connectivity index (χ0n) is 22.3. The molecule has 4 rings (SSSR count). The minimum atomic E-state index is -4.03. The monoisotopic (exact) mass is 541 g/mol. The maximum Gasteiger partial charge on any atom is 0.265 e. The van der Waals surface area contributed by atoms with Crippen molar-refractivity contribution in [3.63, 3.8) is 0 Å². The van der Waals surface area contributed by atoms with Crippen LogP contribution in [0.2, 0.25) is 0 Å². The van der Waals surface area contributed by atoms with E-state index in [0.29, 0.717) is 35.7 Å². The summed E-state index contributed by atoms with van der Waals surface area (Å²) in [6.45, 7) is 6.44. The van der Waals surface area contributed by atoms with Crippen LogP contribution in [0.15, 0.2) is 45.9 Å². The molecule has 0 saturated heterocycles. The molecule has 1 aliphatic carbocycles. The lowest BCUT2D eigenvalue weighted by molar-refractivity contribution is -0.127. The summed E-state index contributed by atoms with van der Waals surface area (Å²) in [5.41, 5.74) is 2.67. The third-order valence-electron chi connectivity index (χ3n) is 7.16. The van der Waals surface area contributed by atoms with Gasteiger partial charge in [-0.3, -0.25) is 14.5 Å². The van der Waals surface area contributed by atoms with Crippen LogP contribution >= 0.6 is 0 Å². The molecule has 0 aliphatic heterocycles. The number of carbonyl (C=O) groups excluding carboxylic acids is 1. The Bertz CT molecular complexity index is 1400. The smallest absolute Gasteiger partial charge is 0.265 e. The predicted octanol–water partition coefficient (Wildman–Crippen LogP) is 3.84. The number of hydrogen-bond acceptors (Lipinski definition) is 8. The van der Waals surface area contributed by atoms with Crippen molar-refractivity contribution in [2.24, 2.45) is 0 Å². The second-order valence-electron chi connectivity index (χ2n) is 9.52. The second kappa shape index (κ2) is 11.6. The Kier molecular flexibility index (Phi) is 8.49. The third kappa shape index (κ3) is 5.74. The number of aryl methyl sites for hydroxylation is 1. The van der Waals surface area contributed by atoms with Crippen molar-refractivity contribution >= 4 is 21.7 Å². The van der Waals surface area contributed by atoms with Crippen molar-refractivity contribution in [1.29, 1.82) is 0 Å². The van der Waals surface area contributed by atoms with Gasteiger partial charge in [-0.2, -0.15) is 0 Å². The van der Waals surface area contributed by atoms with Gasteiger partial charge in [-0.25, -0.2) is 8.42 Å². The molecule has 0 spiro atoms. The highest BCUT2D eigenvalue weighted by atomic mass is 32.2. The molecule has 0 radical (unpaired) electrons. The number of nitrogens with zero attached hydrogens (tertiary/aromatic N) is 2. The van der Waals surface area contributed by atoms with Crippen LogP contribution in [0.5, 0.6) is 0 Å². The van der Waals surface area contributed by atoms with Crippen molar-refractivity contribution in [3.05, 3.63) is 59.0 Å². The highest BCUT2D eigenvalue weighted by Crippen LogP contribution is 2.32. The highest BCUT2D eigenvalue weighted by molar-refractivity contribution is 7.92. The first-order chi connectivity index (χ1) is 18.2. The minimum Gasteiger partial charge on any atom is -0.377 e. The lowest BCUT2D eigenvalue weighted by atomic mass is 9.96. The fraction of sp³-hybridized carbons (Fsp3) is 0.444.